The van der Waals surface area contributed by atoms with Crippen molar-refractivity contribution in [2.24, 2.45) is 5.73 Å². The first-order valence-electron chi connectivity index (χ1n) is 5.95. The number of carbonyl (C=O) groups excluding carboxylic acids is 1. The number of rotatable bonds is 6. The molecule has 19 heavy (non-hydrogen) atoms. The van der Waals surface area contributed by atoms with E-state index in [1.165, 1.54) is 19.2 Å². The molecule has 0 aliphatic heterocycles. The van der Waals surface area contributed by atoms with E-state index in [0.717, 1.165) is 0 Å². The molecule has 4 N–H and O–H groups in total. The lowest BCUT2D eigenvalue weighted by Gasteiger charge is -2.09. The number of hydrogen-bond acceptors (Lipinski definition) is 5. The van der Waals surface area contributed by atoms with Gasteiger partial charge in [0, 0.05) is 31.3 Å². The van der Waals surface area contributed by atoms with Crippen molar-refractivity contribution in [3.05, 3.63) is 33.9 Å². The van der Waals surface area contributed by atoms with Gasteiger partial charge in [-0.2, -0.15) is 0 Å². The zero-order chi connectivity index (χ0) is 14.4. The van der Waals surface area contributed by atoms with Crippen LogP contribution >= 0.6 is 0 Å². The number of nitrogens with two attached hydrogens (primary N) is 1. The van der Waals surface area contributed by atoms with E-state index >= 15 is 0 Å². The Labute approximate surface area is 111 Å². The summed E-state index contributed by atoms with van der Waals surface area (Å²) in [4.78, 5) is 21.9. The van der Waals surface area contributed by atoms with E-state index in [1.54, 1.807) is 6.07 Å². The van der Waals surface area contributed by atoms with Gasteiger partial charge in [-0.25, -0.2) is 0 Å². The quantitative estimate of drug-likeness (QED) is 0.527. The normalized spacial score (nSPS) is 11.7. The molecule has 1 aromatic carbocycles. The summed E-state index contributed by atoms with van der Waals surface area (Å²) in [5.74, 6) is -0.356. The molecule has 0 saturated heterocycles. The van der Waals surface area contributed by atoms with Crippen LogP contribution in [-0.4, -0.2) is 30.5 Å². The van der Waals surface area contributed by atoms with Crippen LogP contribution in [0.15, 0.2) is 18.2 Å². The van der Waals surface area contributed by atoms with Crippen LogP contribution in [0.5, 0.6) is 0 Å². The van der Waals surface area contributed by atoms with Crippen LogP contribution in [0.4, 0.5) is 11.4 Å². The molecule has 0 saturated carbocycles. The van der Waals surface area contributed by atoms with Crippen LogP contribution in [0.25, 0.3) is 0 Å². The van der Waals surface area contributed by atoms with E-state index in [1.807, 2.05) is 6.92 Å². The maximum atomic E-state index is 11.4. The highest BCUT2D eigenvalue weighted by molar-refractivity contribution is 5.95. The van der Waals surface area contributed by atoms with Crippen LogP contribution < -0.4 is 16.4 Å². The second-order valence-corrected chi connectivity index (χ2v) is 4.26. The Hall–Kier alpha value is -2.15. The summed E-state index contributed by atoms with van der Waals surface area (Å²) < 4.78 is 0. The van der Waals surface area contributed by atoms with E-state index in [2.05, 4.69) is 10.6 Å². The lowest BCUT2D eigenvalue weighted by Crippen LogP contribution is -2.20. The summed E-state index contributed by atoms with van der Waals surface area (Å²) in [6, 6.07) is 4.36. The predicted octanol–water partition coefficient (Wildman–Crippen LogP) is 1.10. The highest BCUT2D eigenvalue weighted by atomic mass is 16.6. The van der Waals surface area contributed by atoms with Crippen LogP contribution in [0, 0.1) is 10.1 Å². The van der Waals surface area contributed by atoms with Crippen molar-refractivity contribution in [3.8, 4) is 0 Å². The molecular weight excluding hydrogens is 248 g/mol. The minimum atomic E-state index is -0.513. The van der Waals surface area contributed by atoms with Crippen molar-refractivity contribution in [2.75, 3.05) is 18.9 Å². The van der Waals surface area contributed by atoms with Crippen molar-refractivity contribution in [3.63, 3.8) is 0 Å². The van der Waals surface area contributed by atoms with Gasteiger partial charge in [0.05, 0.1) is 4.92 Å². The number of carbonyl (C=O) groups is 1. The summed E-state index contributed by atoms with van der Waals surface area (Å²) in [5, 5.41) is 16.4. The Kier molecular flexibility index (Phi) is 5.25. The Morgan fingerprint density at radius 1 is 1.53 bits per heavy atom. The standard InChI is InChI=1S/C12H18N4O3/c1-8(13)5-6-15-10-4-3-9(12(17)14-2)7-11(10)16(18)19/h3-4,7-8,15H,5-6,13H2,1-2H3,(H,14,17). The predicted molar refractivity (Wildman–Crippen MR) is 73.2 cm³/mol. The van der Waals surface area contributed by atoms with Gasteiger partial charge in [0.1, 0.15) is 5.69 Å². The molecule has 0 heterocycles. The lowest BCUT2D eigenvalue weighted by molar-refractivity contribution is -0.384. The maximum Gasteiger partial charge on any atom is 0.293 e. The number of amides is 1. The van der Waals surface area contributed by atoms with Crippen molar-refractivity contribution < 1.29 is 9.72 Å². The number of nitro groups is 1. The van der Waals surface area contributed by atoms with Gasteiger partial charge >= 0.3 is 0 Å². The van der Waals surface area contributed by atoms with Crippen LogP contribution in [0.3, 0.4) is 0 Å². The number of anilines is 1. The Balaban J connectivity index is 2.92. The van der Waals surface area contributed by atoms with E-state index in [4.69, 9.17) is 5.73 Å². The molecule has 0 spiro atoms. The molecule has 0 bridgehead atoms. The van der Waals surface area contributed by atoms with Crippen LogP contribution in [-0.2, 0) is 0 Å². The number of benzene rings is 1. The lowest BCUT2D eigenvalue weighted by atomic mass is 10.1. The van der Waals surface area contributed by atoms with Gasteiger partial charge in [0.2, 0.25) is 0 Å². The molecule has 0 fully saturated rings. The third-order valence-corrected chi connectivity index (χ3v) is 2.60. The molecule has 0 aromatic heterocycles. The molecule has 1 aromatic rings. The van der Waals surface area contributed by atoms with E-state index < -0.39 is 4.92 Å². The van der Waals surface area contributed by atoms with Gasteiger partial charge in [-0.05, 0) is 25.5 Å². The SMILES string of the molecule is CNC(=O)c1ccc(NCCC(C)N)c([N+](=O)[O-])c1. The van der Waals surface area contributed by atoms with Crippen molar-refractivity contribution >= 4 is 17.3 Å². The van der Waals surface area contributed by atoms with E-state index in [9.17, 15) is 14.9 Å². The third kappa shape index (κ3) is 4.22. The van der Waals surface area contributed by atoms with E-state index in [-0.39, 0.29) is 23.2 Å². The Morgan fingerprint density at radius 2 is 2.21 bits per heavy atom. The zero-order valence-corrected chi connectivity index (χ0v) is 11.0. The highest BCUT2D eigenvalue weighted by Crippen LogP contribution is 2.25. The van der Waals surface area contributed by atoms with Gasteiger partial charge in [-0.15, -0.1) is 0 Å². The minimum Gasteiger partial charge on any atom is -0.379 e. The number of nitro benzene ring substituents is 1. The van der Waals surface area contributed by atoms with Crippen LogP contribution in [0.1, 0.15) is 23.7 Å². The van der Waals surface area contributed by atoms with Gasteiger partial charge in [-0.1, -0.05) is 0 Å². The largest absolute Gasteiger partial charge is 0.379 e. The summed E-state index contributed by atoms with van der Waals surface area (Å²) in [6.45, 7) is 2.41. The second kappa shape index (κ2) is 6.69. The molecule has 104 valence electrons. The van der Waals surface area contributed by atoms with Crippen LogP contribution in [0.2, 0.25) is 0 Å². The summed E-state index contributed by atoms with van der Waals surface area (Å²) >= 11 is 0. The fourth-order valence-corrected chi connectivity index (χ4v) is 1.55. The second-order valence-electron chi connectivity index (χ2n) is 4.26. The summed E-state index contributed by atoms with van der Waals surface area (Å²) in [7, 11) is 1.48. The number of nitrogens with zero attached hydrogens (tertiary/aromatic N) is 1. The van der Waals surface area contributed by atoms with E-state index in [0.29, 0.717) is 18.7 Å². The molecule has 1 rings (SSSR count). The maximum absolute atomic E-state index is 11.4. The Morgan fingerprint density at radius 3 is 2.74 bits per heavy atom. The first-order valence-corrected chi connectivity index (χ1v) is 5.95. The first kappa shape index (κ1) is 14.9. The van der Waals surface area contributed by atoms with Crippen molar-refractivity contribution in [1.82, 2.24) is 5.32 Å². The molecule has 0 aliphatic rings. The smallest absolute Gasteiger partial charge is 0.293 e. The molecular formula is C12H18N4O3. The first-order chi connectivity index (χ1) is 8.95. The minimum absolute atomic E-state index is 0.0247. The molecule has 1 unspecified atom stereocenters. The fraction of sp³-hybridized carbons (Fsp3) is 0.417. The monoisotopic (exact) mass is 266 g/mol. The number of nitrogens with one attached hydrogen (secondary N) is 2. The van der Waals surface area contributed by atoms with Gasteiger partial charge < -0.3 is 16.4 Å². The molecule has 0 aliphatic carbocycles. The molecule has 0 radical (unpaired) electrons. The molecule has 1 atom stereocenters. The van der Waals surface area contributed by atoms with Crippen molar-refractivity contribution in [1.29, 1.82) is 0 Å². The fourth-order valence-electron chi connectivity index (χ4n) is 1.55. The average Bonchev–Trinajstić information content (AvgIpc) is 2.37. The molecule has 7 nitrogen and oxygen atoms in total. The highest BCUT2D eigenvalue weighted by Gasteiger charge is 2.16. The summed E-state index contributed by atoms with van der Waals surface area (Å²) in [6.07, 6.45) is 0.703. The van der Waals surface area contributed by atoms with Gasteiger partial charge in [-0.3, -0.25) is 14.9 Å². The average molecular weight is 266 g/mol. The third-order valence-electron chi connectivity index (χ3n) is 2.60. The zero-order valence-electron chi connectivity index (χ0n) is 11.0. The Bertz CT molecular complexity index is 474. The van der Waals surface area contributed by atoms with Gasteiger partial charge in [0.15, 0.2) is 0 Å². The summed E-state index contributed by atoms with van der Waals surface area (Å²) in [5.41, 5.74) is 6.13. The van der Waals surface area contributed by atoms with Gasteiger partial charge in [0.25, 0.3) is 11.6 Å². The molecule has 7 heteroatoms. The topological polar surface area (TPSA) is 110 Å². The number of hydrogen-bond donors (Lipinski definition) is 3. The molecule has 1 amide bonds. The van der Waals surface area contributed by atoms with Crippen molar-refractivity contribution in [2.45, 2.75) is 19.4 Å².